The third-order valence-corrected chi connectivity index (χ3v) is 5.74. The molecule has 0 aliphatic heterocycles. The van der Waals surface area contributed by atoms with Crippen LogP contribution >= 0.6 is 0 Å². The summed E-state index contributed by atoms with van der Waals surface area (Å²) in [4.78, 5) is 28.5. The maximum atomic E-state index is 14.6. The summed E-state index contributed by atoms with van der Waals surface area (Å²) in [5.41, 5.74) is 1.88. The molecule has 0 spiro atoms. The second kappa shape index (κ2) is 9.87. The number of anilines is 1. The number of fused-ring (bicyclic) bond motifs is 1. The van der Waals surface area contributed by atoms with Gasteiger partial charge < -0.3 is 14.2 Å². The molecule has 3 aromatic heterocycles. The molecule has 0 aliphatic carbocycles. The molecule has 0 aliphatic rings. The average Bonchev–Trinajstić information content (AvgIpc) is 3.66. The van der Waals surface area contributed by atoms with E-state index in [1.165, 1.54) is 28.2 Å². The van der Waals surface area contributed by atoms with Crippen LogP contribution in [0.1, 0.15) is 23.1 Å². The zero-order chi connectivity index (χ0) is 25.1. The summed E-state index contributed by atoms with van der Waals surface area (Å²) in [6.45, 7) is 1.48. The molecule has 1 atom stereocenters. The zero-order valence-electron chi connectivity index (χ0n) is 19.3. The second-order valence-electron chi connectivity index (χ2n) is 8.15. The highest BCUT2D eigenvalue weighted by atomic mass is 19.1. The molecule has 0 saturated carbocycles. The molecule has 5 aromatic rings. The topological polar surface area (TPSA) is 106 Å². The van der Waals surface area contributed by atoms with Gasteiger partial charge in [-0.2, -0.15) is 0 Å². The Morgan fingerprint density at radius 3 is 2.61 bits per heavy atom. The van der Waals surface area contributed by atoms with Crippen LogP contribution in [0.3, 0.4) is 0 Å². The molecule has 0 unspecified atom stereocenters. The molecule has 182 valence electrons. The van der Waals surface area contributed by atoms with E-state index < -0.39 is 23.7 Å². The Morgan fingerprint density at radius 1 is 1.06 bits per heavy atom. The number of nitrogens with one attached hydrogen (secondary N) is 1. The van der Waals surface area contributed by atoms with Gasteiger partial charge in [-0.3, -0.25) is 14.5 Å². The molecule has 2 aromatic carbocycles. The maximum Gasteiger partial charge on any atom is 0.251 e. The van der Waals surface area contributed by atoms with Crippen LogP contribution in [-0.4, -0.2) is 26.8 Å². The summed E-state index contributed by atoms with van der Waals surface area (Å²) < 4.78 is 26.9. The number of aromatic nitrogens is 3. The number of hydrogen-bond donors (Lipinski definition) is 1. The van der Waals surface area contributed by atoms with Crippen molar-refractivity contribution in [3.8, 4) is 0 Å². The zero-order valence-corrected chi connectivity index (χ0v) is 19.3. The quantitative estimate of drug-likeness (QED) is 0.352. The van der Waals surface area contributed by atoms with Crippen LogP contribution in [0.25, 0.3) is 11.0 Å². The van der Waals surface area contributed by atoms with Gasteiger partial charge in [0.05, 0.1) is 24.6 Å². The van der Waals surface area contributed by atoms with Crippen LogP contribution < -0.4 is 10.2 Å². The number of para-hydroxylation sites is 1. The lowest BCUT2D eigenvalue weighted by Gasteiger charge is -2.30. The van der Waals surface area contributed by atoms with E-state index in [1.807, 2.05) is 12.1 Å². The highest BCUT2D eigenvalue weighted by molar-refractivity contribution is 6.01. The van der Waals surface area contributed by atoms with Gasteiger partial charge in [-0.05, 0) is 61.0 Å². The van der Waals surface area contributed by atoms with Crippen molar-refractivity contribution in [3.63, 3.8) is 0 Å². The summed E-state index contributed by atoms with van der Waals surface area (Å²) >= 11 is 0. The summed E-state index contributed by atoms with van der Waals surface area (Å²) in [5.74, 6) is -0.798. The summed E-state index contributed by atoms with van der Waals surface area (Å²) in [6, 6.07) is 17.0. The van der Waals surface area contributed by atoms with E-state index in [-0.39, 0.29) is 24.5 Å². The lowest BCUT2D eigenvalue weighted by Crippen LogP contribution is -2.45. The number of carbonyl (C=O) groups excluding carboxylic acids is 2. The molecule has 0 saturated heterocycles. The summed E-state index contributed by atoms with van der Waals surface area (Å²) in [5, 5.41) is 11.0. The van der Waals surface area contributed by atoms with E-state index in [9.17, 15) is 14.0 Å². The first kappa shape index (κ1) is 23.0. The van der Waals surface area contributed by atoms with E-state index in [2.05, 4.69) is 15.6 Å². The van der Waals surface area contributed by atoms with E-state index in [4.69, 9.17) is 8.83 Å². The average molecular weight is 487 g/mol. The number of carbonyl (C=O) groups is 2. The van der Waals surface area contributed by atoms with Crippen molar-refractivity contribution < 1.29 is 22.8 Å². The molecule has 9 nitrogen and oxygen atoms in total. The number of nitrogens with zero attached hydrogens (tertiary/aromatic N) is 4. The fraction of sp³-hybridized carbons (Fsp3) is 0.154. The lowest BCUT2D eigenvalue weighted by atomic mass is 10.1. The van der Waals surface area contributed by atoms with Crippen molar-refractivity contribution in [3.05, 3.63) is 102 Å². The normalized spacial score (nSPS) is 11.9. The fourth-order valence-corrected chi connectivity index (χ4v) is 3.91. The number of amides is 2. The Bertz CT molecular complexity index is 1490. The smallest absolute Gasteiger partial charge is 0.251 e. The van der Waals surface area contributed by atoms with Crippen LogP contribution in [0.4, 0.5) is 10.1 Å². The van der Waals surface area contributed by atoms with Crippen LogP contribution in [0, 0.1) is 12.7 Å². The monoisotopic (exact) mass is 487 g/mol. The first-order valence-corrected chi connectivity index (χ1v) is 11.2. The van der Waals surface area contributed by atoms with E-state index in [0.717, 1.165) is 0 Å². The van der Waals surface area contributed by atoms with Gasteiger partial charge in [-0.15, -0.1) is 5.10 Å². The third kappa shape index (κ3) is 4.61. The minimum absolute atomic E-state index is 0.0983. The van der Waals surface area contributed by atoms with E-state index in [1.54, 1.807) is 55.5 Å². The van der Waals surface area contributed by atoms with Crippen molar-refractivity contribution in [1.82, 2.24) is 20.3 Å². The van der Waals surface area contributed by atoms with Gasteiger partial charge in [0, 0.05) is 5.69 Å². The molecule has 3 heterocycles. The first-order valence-electron chi connectivity index (χ1n) is 11.2. The minimum atomic E-state index is -1.22. The molecule has 0 radical (unpaired) electrons. The van der Waals surface area contributed by atoms with Gasteiger partial charge in [0.15, 0.2) is 6.04 Å². The summed E-state index contributed by atoms with van der Waals surface area (Å²) in [6.07, 6.45) is 2.91. The Labute approximate surface area is 205 Å². The van der Waals surface area contributed by atoms with Crippen molar-refractivity contribution in [2.45, 2.75) is 26.1 Å². The second-order valence-corrected chi connectivity index (χ2v) is 8.15. The molecule has 10 heteroatoms. The molecule has 2 amide bonds. The predicted molar refractivity (Wildman–Crippen MR) is 128 cm³/mol. The Hall–Kier alpha value is -4.73. The van der Waals surface area contributed by atoms with Gasteiger partial charge in [-0.1, -0.05) is 23.4 Å². The van der Waals surface area contributed by atoms with Crippen LogP contribution in [-0.2, 0) is 22.7 Å². The summed E-state index contributed by atoms with van der Waals surface area (Å²) in [7, 11) is 0. The van der Waals surface area contributed by atoms with Crippen molar-refractivity contribution in [2.75, 3.05) is 4.90 Å². The minimum Gasteiger partial charge on any atom is -0.467 e. The van der Waals surface area contributed by atoms with Gasteiger partial charge in [-0.25, -0.2) is 9.07 Å². The van der Waals surface area contributed by atoms with Crippen molar-refractivity contribution in [2.24, 2.45) is 0 Å². The van der Waals surface area contributed by atoms with Gasteiger partial charge in [0.1, 0.15) is 29.4 Å². The lowest BCUT2D eigenvalue weighted by molar-refractivity contribution is -0.127. The molecule has 1 N–H and O–H groups in total. The Morgan fingerprint density at radius 2 is 1.86 bits per heavy atom. The molecule has 36 heavy (non-hydrogen) atoms. The molecule has 0 fully saturated rings. The number of hydrogen-bond acceptors (Lipinski definition) is 6. The van der Waals surface area contributed by atoms with Crippen molar-refractivity contribution >= 4 is 28.5 Å². The molecule has 0 bridgehead atoms. The Balaban J connectivity index is 1.54. The third-order valence-electron chi connectivity index (χ3n) is 5.74. The molecular formula is C26H22FN5O4. The van der Waals surface area contributed by atoms with Crippen LogP contribution in [0.2, 0.25) is 0 Å². The van der Waals surface area contributed by atoms with E-state index >= 15 is 0 Å². The van der Waals surface area contributed by atoms with Crippen LogP contribution in [0.5, 0.6) is 0 Å². The van der Waals surface area contributed by atoms with Crippen molar-refractivity contribution in [1.29, 1.82) is 0 Å². The highest BCUT2D eigenvalue weighted by Gasteiger charge is 2.35. The standard InChI is InChI=1S/C26H22FN5O4/c1-17-10-11-18(14-20(17)27)32(24(33)16-31-22-8-3-2-7-21(22)29-30-31)25(23-9-5-13-36-23)26(34)28-15-19-6-4-12-35-19/h2-14,25H,15-16H2,1H3,(H,28,34)/t25-/m0/s1. The van der Waals surface area contributed by atoms with Crippen LogP contribution in [0.15, 0.2) is 88.1 Å². The number of halogens is 1. The number of furan rings is 2. The molecular weight excluding hydrogens is 465 g/mol. The largest absolute Gasteiger partial charge is 0.467 e. The first-order chi connectivity index (χ1) is 17.5. The number of benzene rings is 2. The predicted octanol–water partition coefficient (Wildman–Crippen LogP) is 4.16. The number of aryl methyl sites for hydroxylation is 1. The fourth-order valence-electron chi connectivity index (χ4n) is 3.91. The van der Waals surface area contributed by atoms with Gasteiger partial charge in [0.25, 0.3) is 5.91 Å². The molecule has 5 rings (SSSR count). The van der Waals surface area contributed by atoms with Gasteiger partial charge in [0.2, 0.25) is 5.91 Å². The number of rotatable bonds is 8. The Kier molecular flexibility index (Phi) is 6.31. The highest BCUT2D eigenvalue weighted by Crippen LogP contribution is 2.30. The van der Waals surface area contributed by atoms with Gasteiger partial charge >= 0.3 is 0 Å². The van der Waals surface area contributed by atoms with E-state index in [0.29, 0.717) is 22.4 Å². The SMILES string of the molecule is Cc1ccc(N(C(=O)Cn2nnc3ccccc32)[C@H](C(=O)NCc2ccco2)c2ccco2)cc1F. The maximum absolute atomic E-state index is 14.6.